The van der Waals surface area contributed by atoms with E-state index in [0.717, 1.165) is 28.7 Å². The molecule has 1 heterocycles. The molecular formula is C16H23BrN2O2. The van der Waals surface area contributed by atoms with Crippen LogP contribution in [-0.2, 0) is 4.79 Å². The van der Waals surface area contributed by atoms with E-state index >= 15 is 0 Å². The molecule has 0 bridgehead atoms. The van der Waals surface area contributed by atoms with Crippen LogP contribution in [0.4, 0.5) is 5.69 Å². The lowest BCUT2D eigenvalue weighted by Gasteiger charge is -2.23. The lowest BCUT2D eigenvalue weighted by Crippen LogP contribution is -2.34. The summed E-state index contributed by atoms with van der Waals surface area (Å²) < 4.78 is 6.29. The summed E-state index contributed by atoms with van der Waals surface area (Å²) in [7, 11) is 1.61. The Hall–Kier alpha value is -1.07. The van der Waals surface area contributed by atoms with E-state index in [-0.39, 0.29) is 5.91 Å². The van der Waals surface area contributed by atoms with E-state index in [1.165, 1.54) is 19.3 Å². The van der Waals surface area contributed by atoms with Gasteiger partial charge in [0.1, 0.15) is 5.75 Å². The summed E-state index contributed by atoms with van der Waals surface area (Å²) in [4.78, 5) is 12.2. The van der Waals surface area contributed by atoms with Gasteiger partial charge in [-0.3, -0.25) is 4.79 Å². The average Bonchev–Trinajstić information content (AvgIpc) is 2.48. The Morgan fingerprint density at radius 3 is 2.95 bits per heavy atom. The number of carbonyl (C=O) groups excluding carboxylic acids is 1. The Morgan fingerprint density at radius 2 is 2.29 bits per heavy atom. The monoisotopic (exact) mass is 354 g/mol. The summed E-state index contributed by atoms with van der Waals surface area (Å²) in [5.41, 5.74) is 1.76. The normalized spacial score (nSPS) is 18.3. The third-order valence-corrected chi connectivity index (χ3v) is 4.34. The van der Waals surface area contributed by atoms with E-state index in [0.29, 0.717) is 18.2 Å². The highest BCUT2D eigenvalue weighted by Gasteiger charge is 2.16. The summed E-state index contributed by atoms with van der Waals surface area (Å²) in [6.07, 6.45) is 5.12. The number of hydrogen-bond donors (Lipinski definition) is 2. The number of piperidine rings is 1. The van der Waals surface area contributed by atoms with Crippen molar-refractivity contribution in [3.05, 3.63) is 22.2 Å². The number of nitrogens with one attached hydrogen (secondary N) is 2. The number of amides is 1. The quantitative estimate of drug-likeness (QED) is 0.848. The third-order valence-electron chi connectivity index (χ3n) is 3.88. The molecule has 0 aromatic heterocycles. The zero-order chi connectivity index (χ0) is 15.2. The van der Waals surface area contributed by atoms with Crippen LogP contribution in [0.1, 0.15) is 37.7 Å². The second-order valence-electron chi connectivity index (χ2n) is 5.53. The predicted molar refractivity (Wildman–Crippen MR) is 88.9 cm³/mol. The summed E-state index contributed by atoms with van der Waals surface area (Å²) in [5.74, 6) is 0.733. The largest absolute Gasteiger partial charge is 0.495 e. The first-order valence-corrected chi connectivity index (χ1v) is 8.27. The smallest absolute Gasteiger partial charge is 0.224 e. The van der Waals surface area contributed by atoms with Gasteiger partial charge in [-0.2, -0.15) is 0 Å². The van der Waals surface area contributed by atoms with Gasteiger partial charge in [-0.05, 0) is 50.4 Å². The number of benzene rings is 1. The van der Waals surface area contributed by atoms with Crippen LogP contribution in [0.15, 0.2) is 16.6 Å². The Balaban J connectivity index is 1.93. The number of ether oxygens (including phenoxy) is 1. The topological polar surface area (TPSA) is 50.4 Å². The lowest BCUT2D eigenvalue weighted by atomic mass is 10.0. The number of rotatable bonds is 5. The zero-order valence-electron chi connectivity index (χ0n) is 12.7. The van der Waals surface area contributed by atoms with Crippen molar-refractivity contribution in [2.24, 2.45) is 0 Å². The van der Waals surface area contributed by atoms with E-state index in [4.69, 9.17) is 4.74 Å². The van der Waals surface area contributed by atoms with Crippen molar-refractivity contribution in [2.75, 3.05) is 19.0 Å². The molecule has 0 aliphatic carbocycles. The van der Waals surface area contributed by atoms with E-state index in [9.17, 15) is 4.79 Å². The number of halogens is 1. The fraction of sp³-hybridized carbons (Fsp3) is 0.562. The summed E-state index contributed by atoms with van der Waals surface area (Å²) in [6.45, 7) is 3.04. The Bertz CT molecular complexity index is 499. The maximum absolute atomic E-state index is 12.2. The molecule has 1 atom stereocenters. The van der Waals surface area contributed by atoms with Gasteiger partial charge in [-0.1, -0.05) is 22.4 Å². The van der Waals surface area contributed by atoms with E-state index in [2.05, 4.69) is 26.6 Å². The van der Waals surface area contributed by atoms with Crippen LogP contribution in [0.3, 0.4) is 0 Å². The van der Waals surface area contributed by atoms with Crippen molar-refractivity contribution in [1.82, 2.24) is 5.32 Å². The van der Waals surface area contributed by atoms with Crippen LogP contribution >= 0.6 is 15.9 Å². The highest BCUT2D eigenvalue weighted by molar-refractivity contribution is 9.10. The van der Waals surface area contributed by atoms with Crippen LogP contribution in [0.5, 0.6) is 5.75 Å². The highest BCUT2D eigenvalue weighted by atomic mass is 79.9. The van der Waals surface area contributed by atoms with Gasteiger partial charge in [0.25, 0.3) is 0 Å². The molecule has 2 N–H and O–H groups in total. The van der Waals surface area contributed by atoms with Gasteiger partial charge in [0.05, 0.1) is 12.8 Å². The first-order valence-electron chi connectivity index (χ1n) is 7.47. The number of aryl methyl sites for hydroxylation is 1. The Morgan fingerprint density at radius 1 is 1.48 bits per heavy atom. The molecule has 0 spiro atoms. The van der Waals surface area contributed by atoms with Crippen LogP contribution in [0.25, 0.3) is 0 Å². The summed E-state index contributed by atoms with van der Waals surface area (Å²) in [5, 5.41) is 6.45. The first kappa shape index (κ1) is 16.3. The second kappa shape index (κ2) is 7.80. The van der Waals surface area contributed by atoms with Crippen molar-refractivity contribution in [3.8, 4) is 5.75 Å². The number of hydrogen-bond acceptors (Lipinski definition) is 3. The predicted octanol–water partition coefficient (Wildman–Crippen LogP) is 3.63. The third kappa shape index (κ3) is 4.71. The molecule has 0 radical (unpaired) electrons. The fourth-order valence-corrected chi connectivity index (χ4v) is 3.26. The lowest BCUT2D eigenvalue weighted by molar-refractivity contribution is -0.116. The standard InChI is InChI=1S/C16H23BrN2O2/c1-11-9-12(17)10-14(21-2)16(11)19-15(20)7-6-13-5-3-4-8-18-13/h9-10,13,18H,3-8H2,1-2H3,(H,19,20). The van der Waals surface area contributed by atoms with E-state index < -0.39 is 0 Å². The second-order valence-corrected chi connectivity index (χ2v) is 6.45. The molecule has 1 unspecified atom stereocenters. The number of carbonyl (C=O) groups is 1. The molecule has 21 heavy (non-hydrogen) atoms. The molecule has 1 amide bonds. The summed E-state index contributed by atoms with van der Waals surface area (Å²) in [6, 6.07) is 4.32. The Kier molecular flexibility index (Phi) is 6.06. The summed E-state index contributed by atoms with van der Waals surface area (Å²) >= 11 is 3.44. The maximum Gasteiger partial charge on any atom is 0.224 e. The molecule has 1 aromatic rings. The minimum Gasteiger partial charge on any atom is -0.495 e. The molecule has 4 nitrogen and oxygen atoms in total. The van der Waals surface area contributed by atoms with Gasteiger partial charge >= 0.3 is 0 Å². The molecule has 116 valence electrons. The molecule has 1 fully saturated rings. The van der Waals surface area contributed by atoms with Crippen LogP contribution in [0.2, 0.25) is 0 Å². The van der Waals surface area contributed by atoms with Gasteiger partial charge in [0, 0.05) is 16.9 Å². The fourth-order valence-electron chi connectivity index (χ4n) is 2.71. The van der Waals surface area contributed by atoms with Crippen LogP contribution in [0, 0.1) is 6.92 Å². The molecular weight excluding hydrogens is 332 g/mol. The number of anilines is 1. The molecule has 1 aliphatic heterocycles. The first-order chi connectivity index (χ1) is 10.1. The van der Waals surface area contributed by atoms with E-state index in [1.807, 2.05) is 19.1 Å². The van der Waals surface area contributed by atoms with Crippen molar-refractivity contribution >= 4 is 27.5 Å². The average molecular weight is 355 g/mol. The van der Waals surface area contributed by atoms with E-state index in [1.54, 1.807) is 7.11 Å². The molecule has 1 saturated heterocycles. The van der Waals surface area contributed by atoms with Crippen molar-refractivity contribution < 1.29 is 9.53 Å². The highest BCUT2D eigenvalue weighted by Crippen LogP contribution is 2.32. The molecule has 5 heteroatoms. The van der Waals surface area contributed by atoms with Crippen molar-refractivity contribution in [2.45, 2.75) is 45.1 Å². The minimum atomic E-state index is 0.0473. The molecule has 0 saturated carbocycles. The molecule has 1 aliphatic rings. The molecule has 2 rings (SSSR count). The van der Waals surface area contributed by atoms with Gasteiger partial charge in [-0.25, -0.2) is 0 Å². The Labute approximate surface area is 134 Å². The van der Waals surface area contributed by atoms with Crippen LogP contribution < -0.4 is 15.4 Å². The van der Waals surface area contributed by atoms with Crippen molar-refractivity contribution in [3.63, 3.8) is 0 Å². The van der Waals surface area contributed by atoms with Crippen LogP contribution in [-0.4, -0.2) is 25.6 Å². The van der Waals surface area contributed by atoms with Gasteiger partial charge < -0.3 is 15.4 Å². The van der Waals surface area contributed by atoms with Gasteiger partial charge in [-0.15, -0.1) is 0 Å². The SMILES string of the molecule is COc1cc(Br)cc(C)c1NC(=O)CCC1CCCCN1. The number of methoxy groups -OCH3 is 1. The van der Waals surface area contributed by atoms with Crippen molar-refractivity contribution in [1.29, 1.82) is 0 Å². The molecule has 1 aromatic carbocycles. The zero-order valence-corrected chi connectivity index (χ0v) is 14.3. The minimum absolute atomic E-state index is 0.0473. The van der Waals surface area contributed by atoms with Gasteiger partial charge in [0.2, 0.25) is 5.91 Å². The maximum atomic E-state index is 12.2. The van der Waals surface area contributed by atoms with Gasteiger partial charge in [0.15, 0.2) is 0 Å².